The number of imidazole rings is 1. The van der Waals surface area contributed by atoms with Gasteiger partial charge >= 0.3 is 0 Å². The topological polar surface area (TPSA) is 17.8 Å². The molecule has 0 atom stereocenters. The van der Waals surface area contributed by atoms with E-state index in [1.807, 2.05) is 35.8 Å². The number of hydrogen-bond donors (Lipinski definition) is 0. The Balaban J connectivity index is 2.34. The first kappa shape index (κ1) is 13.1. The van der Waals surface area contributed by atoms with Crippen molar-refractivity contribution in [1.29, 1.82) is 0 Å². The molecule has 0 radical (unpaired) electrons. The number of halogens is 2. The highest BCUT2D eigenvalue weighted by Crippen LogP contribution is 2.25. The molecule has 0 fully saturated rings. The molecule has 0 aliphatic heterocycles. The number of para-hydroxylation sites is 1. The molecule has 0 bridgehead atoms. The largest absolute Gasteiger partial charge is 0.295 e. The molecule has 3 rings (SSSR count). The van der Waals surface area contributed by atoms with E-state index in [0.29, 0.717) is 5.56 Å². The molecule has 20 heavy (non-hydrogen) atoms. The Labute approximate surface area is 121 Å². The van der Waals surface area contributed by atoms with Gasteiger partial charge in [-0.25, -0.2) is 9.37 Å². The lowest BCUT2D eigenvalue weighted by molar-refractivity contribution is 0.617. The third-order valence-corrected chi connectivity index (χ3v) is 3.73. The SMILES string of the molecule is Cc1ccc(-n2c(CCl)nc3c(C)cccc32)cc1F. The van der Waals surface area contributed by atoms with E-state index in [-0.39, 0.29) is 11.7 Å². The van der Waals surface area contributed by atoms with Crippen LogP contribution < -0.4 is 0 Å². The number of benzene rings is 2. The smallest absolute Gasteiger partial charge is 0.129 e. The molecule has 4 heteroatoms. The van der Waals surface area contributed by atoms with E-state index in [0.717, 1.165) is 28.1 Å². The fraction of sp³-hybridized carbons (Fsp3) is 0.188. The highest BCUT2D eigenvalue weighted by molar-refractivity contribution is 6.17. The Morgan fingerprint density at radius 1 is 1.15 bits per heavy atom. The molecule has 0 spiro atoms. The molecule has 0 amide bonds. The molecule has 3 aromatic rings. The first-order valence-corrected chi connectivity index (χ1v) is 6.94. The van der Waals surface area contributed by atoms with E-state index in [2.05, 4.69) is 4.98 Å². The van der Waals surface area contributed by atoms with Crippen molar-refractivity contribution in [3.05, 3.63) is 59.2 Å². The van der Waals surface area contributed by atoms with Crippen LogP contribution in [0, 0.1) is 19.7 Å². The molecule has 2 aromatic carbocycles. The number of aromatic nitrogens is 2. The maximum atomic E-state index is 13.8. The Morgan fingerprint density at radius 2 is 1.95 bits per heavy atom. The molecule has 0 unspecified atom stereocenters. The van der Waals surface area contributed by atoms with Crippen molar-refractivity contribution in [1.82, 2.24) is 9.55 Å². The molecule has 0 saturated carbocycles. The third-order valence-electron chi connectivity index (χ3n) is 3.49. The number of alkyl halides is 1. The van der Waals surface area contributed by atoms with Gasteiger partial charge in [0.25, 0.3) is 0 Å². The fourth-order valence-electron chi connectivity index (χ4n) is 2.39. The summed E-state index contributed by atoms with van der Waals surface area (Å²) in [6, 6.07) is 11.1. The van der Waals surface area contributed by atoms with Crippen LogP contribution in [-0.2, 0) is 5.88 Å². The van der Waals surface area contributed by atoms with Gasteiger partial charge < -0.3 is 0 Å². The average Bonchev–Trinajstić information content (AvgIpc) is 2.82. The lowest BCUT2D eigenvalue weighted by Gasteiger charge is -2.09. The Morgan fingerprint density at radius 3 is 2.65 bits per heavy atom. The zero-order valence-corrected chi connectivity index (χ0v) is 12.1. The van der Waals surface area contributed by atoms with Gasteiger partial charge in [0.1, 0.15) is 11.6 Å². The van der Waals surface area contributed by atoms with Crippen molar-refractivity contribution in [2.45, 2.75) is 19.7 Å². The van der Waals surface area contributed by atoms with Crippen molar-refractivity contribution in [3.63, 3.8) is 0 Å². The van der Waals surface area contributed by atoms with Crippen LogP contribution in [-0.4, -0.2) is 9.55 Å². The molecular weight excluding hydrogens is 275 g/mol. The average molecular weight is 289 g/mol. The van der Waals surface area contributed by atoms with Crippen LogP contribution in [0.15, 0.2) is 36.4 Å². The highest BCUT2D eigenvalue weighted by Gasteiger charge is 2.13. The van der Waals surface area contributed by atoms with E-state index in [4.69, 9.17) is 11.6 Å². The van der Waals surface area contributed by atoms with Crippen molar-refractivity contribution >= 4 is 22.6 Å². The van der Waals surface area contributed by atoms with Gasteiger partial charge in [-0.2, -0.15) is 0 Å². The first-order valence-electron chi connectivity index (χ1n) is 6.41. The minimum Gasteiger partial charge on any atom is -0.295 e. The molecule has 1 aromatic heterocycles. The van der Waals surface area contributed by atoms with Gasteiger partial charge in [0.15, 0.2) is 0 Å². The van der Waals surface area contributed by atoms with Crippen LogP contribution in [0.4, 0.5) is 4.39 Å². The summed E-state index contributed by atoms with van der Waals surface area (Å²) in [5.41, 5.74) is 4.31. The molecule has 102 valence electrons. The zero-order valence-electron chi connectivity index (χ0n) is 11.3. The summed E-state index contributed by atoms with van der Waals surface area (Å²) in [6.07, 6.45) is 0. The summed E-state index contributed by atoms with van der Waals surface area (Å²) in [6.45, 7) is 3.76. The van der Waals surface area contributed by atoms with Crippen LogP contribution >= 0.6 is 11.6 Å². The Bertz CT molecular complexity index is 793. The van der Waals surface area contributed by atoms with E-state index in [1.54, 1.807) is 13.0 Å². The second-order valence-electron chi connectivity index (χ2n) is 4.87. The Hall–Kier alpha value is -1.87. The predicted octanol–water partition coefficient (Wildman–Crippen LogP) is 4.52. The number of fused-ring (bicyclic) bond motifs is 1. The van der Waals surface area contributed by atoms with Gasteiger partial charge in [-0.3, -0.25) is 4.57 Å². The number of rotatable bonds is 2. The van der Waals surface area contributed by atoms with Crippen molar-refractivity contribution in [2.24, 2.45) is 0 Å². The van der Waals surface area contributed by atoms with Gasteiger partial charge in [-0.05, 0) is 43.2 Å². The normalized spacial score (nSPS) is 11.2. The second-order valence-corrected chi connectivity index (χ2v) is 5.14. The molecule has 0 saturated heterocycles. The van der Waals surface area contributed by atoms with Gasteiger partial charge in [0.2, 0.25) is 0 Å². The summed E-state index contributed by atoms with van der Waals surface area (Å²) in [5.74, 6) is 0.778. The van der Waals surface area contributed by atoms with Gasteiger partial charge in [0, 0.05) is 0 Å². The predicted molar refractivity (Wildman–Crippen MR) is 80.1 cm³/mol. The minimum atomic E-state index is -0.225. The first-order chi connectivity index (χ1) is 9.61. The molecule has 1 heterocycles. The van der Waals surface area contributed by atoms with Crippen LogP contribution in [0.1, 0.15) is 17.0 Å². The maximum absolute atomic E-state index is 13.8. The van der Waals surface area contributed by atoms with E-state index >= 15 is 0 Å². The van der Waals surface area contributed by atoms with Crippen LogP contribution in [0.5, 0.6) is 0 Å². The maximum Gasteiger partial charge on any atom is 0.129 e. The number of nitrogens with zero attached hydrogens (tertiary/aromatic N) is 2. The summed E-state index contributed by atoms with van der Waals surface area (Å²) in [7, 11) is 0. The van der Waals surface area contributed by atoms with Crippen LogP contribution in [0.25, 0.3) is 16.7 Å². The van der Waals surface area contributed by atoms with E-state index in [9.17, 15) is 4.39 Å². The van der Waals surface area contributed by atoms with E-state index in [1.165, 1.54) is 6.07 Å². The van der Waals surface area contributed by atoms with Crippen molar-refractivity contribution in [2.75, 3.05) is 0 Å². The lowest BCUT2D eigenvalue weighted by atomic mass is 10.2. The third kappa shape index (κ3) is 1.98. The summed E-state index contributed by atoms with van der Waals surface area (Å²) < 4.78 is 15.7. The Kier molecular flexibility index (Phi) is 3.22. The monoisotopic (exact) mass is 288 g/mol. The number of aryl methyl sites for hydroxylation is 2. The summed E-state index contributed by atoms with van der Waals surface area (Å²) in [5, 5.41) is 0. The summed E-state index contributed by atoms with van der Waals surface area (Å²) >= 11 is 6.00. The fourth-order valence-corrected chi connectivity index (χ4v) is 2.57. The van der Waals surface area contributed by atoms with Gasteiger partial charge in [-0.1, -0.05) is 18.2 Å². The van der Waals surface area contributed by atoms with Gasteiger partial charge in [0.05, 0.1) is 22.6 Å². The standard InChI is InChI=1S/C16H14ClFN2/c1-10-6-7-12(8-13(10)18)20-14-5-3-4-11(2)16(14)19-15(20)9-17/h3-8H,9H2,1-2H3. The summed E-state index contributed by atoms with van der Waals surface area (Å²) in [4.78, 5) is 4.57. The molecule has 0 N–H and O–H groups in total. The minimum absolute atomic E-state index is 0.225. The number of hydrogen-bond acceptors (Lipinski definition) is 1. The highest BCUT2D eigenvalue weighted by atomic mass is 35.5. The molecular formula is C16H14ClFN2. The lowest BCUT2D eigenvalue weighted by Crippen LogP contribution is -2.00. The quantitative estimate of drug-likeness (QED) is 0.634. The molecule has 2 nitrogen and oxygen atoms in total. The van der Waals surface area contributed by atoms with Gasteiger partial charge in [-0.15, -0.1) is 11.6 Å². The van der Waals surface area contributed by atoms with Crippen LogP contribution in [0.3, 0.4) is 0 Å². The second kappa shape index (κ2) is 4.91. The molecule has 0 aliphatic carbocycles. The van der Waals surface area contributed by atoms with E-state index < -0.39 is 0 Å². The van der Waals surface area contributed by atoms with Crippen molar-refractivity contribution < 1.29 is 4.39 Å². The molecule has 0 aliphatic rings. The van der Waals surface area contributed by atoms with Crippen LogP contribution in [0.2, 0.25) is 0 Å². The zero-order chi connectivity index (χ0) is 14.3. The van der Waals surface area contributed by atoms with Crippen molar-refractivity contribution in [3.8, 4) is 5.69 Å².